The fourth-order valence-electron chi connectivity index (χ4n) is 2.24. The number of para-hydroxylation sites is 2. The lowest BCUT2D eigenvalue weighted by Gasteiger charge is -2.34. The number of nitrogens with one attached hydrogen (secondary N) is 1. The first-order chi connectivity index (χ1) is 8.16. The second-order valence-electron chi connectivity index (χ2n) is 4.33. The van der Waals surface area contributed by atoms with Gasteiger partial charge < -0.3 is 21.7 Å². The smallest absolute Gasteiger partial charge is 0.312 e. The van der Waals surface area contributed by atoms with Gasteiger partial charge in [-0.05, 0) is 25.0 Å². The molecule has 5 heteroatoms. The van der Waals surface area contributed by atoms with Gasteiger partial charge in [-0.3, -0.25) is 0 Å². The molecular weight excluding hydrogens is 216 g/mol. The van der Waals surface area contributed by atoms with Crippen molar-refractivity contribution in [2.75, 3.05) is 23.7 Å². The third-order valence-electron chi connectivity index (χ3n) is 3.12. The Bertz CT molecular complexity index is 399. The molecule has 0 bridgehead atoms. The van der Waals surface area contributed by atoms with Crippen molar-refractivity contribution in [1.82, 2.24) is 5.32 Å². The predicted octanol–water partition coefficient (Wildman–Crippen LogP) is 0.906. The van der Waals surface area contributed by atoms with E-state index in [0.717, 1.165) is 37.3 Å². The van der Waals surface area contributed by atoms with Crippen LogP contribution < -0.4 is 21.7 Å². The molecule has 92 valence electrons. The second kappa shape index (κ2) is 4.95. The number of carbonyl (C=O) groups excluding carboxylic acids is 1. The SMILES string of the molecule is NC(=O)NC1CCN(c2ccccc2N)CC1. The van der Waals surface area contributed by atoms with Crippen LogP contribution in [0.25, 0.3) is 0 Å². The van der Waals surface area contributed by atoms with Crippen molar-refractivity contribution in [3.05, 3.63) is 24.3 Å². The van der Waals surface area contributed by atoms with E-state index in [1.807, 2.05) is 24.3 Å². The zero-order chi connectivity index (χ0) is 12.3. The molecule has 17 heavy (non-hydrogen) atoms. The van der Waals surface area contributed by atoms with Crippen LogP contribution in [-0.2, 0) is 0 Å². The van der Waals surface area contributed by atoms with E-state index in [2.05, 4.69) is 10.2 Å². The fourth-order valence-corrected chi connectivity index (χ4v) is 2.24. The molecule has 0 aromatic heterocycles. The van der Waals surface area contributed by atoms with Gasteiger partial charge in [0.25, 0.3) is 0 Å². The third kappa shape index (κ3) is 2.81. The number of benzene rings is 1. The lowest BCUT2D eigenvalue weighted by Crippen LogP contribution is -2.46. The largest absolute Gasteiger partial charge is 0.397 e. The number of hydrogen-bond donors (Lipinski definition) is 3. The Hall–Kier alpha value is -1.91. The van der Waals surface area contributed by atoms with Crippen LogP contribution in [0.2, 0.25) is 0 Å². The first-order valence-electron chi connectivity index (χ1n) is 5.82. The van der Waals surface area contributed by atoms with Gasteiger partial charge in [0, 0.05) is 19.1 Å². The van der Waals surface area contributed by atoms with Crippen molar-refractivity contribution in [2.24, 2.45) is 5.73 Å². The monoisotopic (exact) mass is 234 g/mol. The van der Waals surface area contributed by atoms with Gasteiger partial charge >= 0.3 is 6.03 Å². The maximum atomic E-state index is 10.8. The van der Waals surface area contributed by atoms with E-state index in [9.17, 15) is 4.79 Å². The normalized spacial score (nSPS) is 16.8. The van der Waals surface area contributed by atoms with Gasteiger partial charge in [-0.1, -0.05) is 12.1 Å². The van der Waals surface area contributed by atoms with E-state index >= 15 is 0 Å². The summed E-state index contributed by atoms with van der Waals surface area (Å²) in [6, 6.07) is 7.59. The molecule has 1 heterocycles. The minimum Gasteiger partial charge on any atom is -0.397 e. The van der Waals surface area contributed by atoms with E-state index < -0.39 is 6.03 Å². The number of primary amides is 1. The van der Waals surface area contributed by atoms with Crippen molar-refractivity contribution < 1.29 is 4.79 Å². The number of hydrogen-bond acceptors (Lipinski definition) is 3. The molecule has 0 spiro atoms. The summed E-state index contributed by atoms with van der Waals surface area (Å²) in [7, 11) is 0. The fraction of sp³-hybridized carbons (Fsp3) is 0.417. The average Bonchev–Trinajstić information content (AvgIpc) is 2.30. The van der Waals surface area contributed by atoms with Gasteiger partial charge in [0.2, 0.25) is 0 Å². The van der Waals surface area contributed by atoms with Crippen LogP contribution in [-0.4, -0.2) is 25.2 Å². The lowest BCUT2D eigenvalue weighted by molar-refractivity contribution is 0.242. The summed E-state index contributed by atoms with van der Waals surface area (Å²) < 4.78 is 0. The van der Waals surface area contributed by atoms with E-state index in [4.69, 9.17) is 11.5 Å². The highest BCUT2D eigenvalue weighted by Gasteiger charge is 2.20. The summed E-state index contributed by atoms with van der Waals surface area (Å²) in [5.41, 5.74) is 12.9. The molecule has 2 amide bonds. The van der Waals surface area contributed by atoms with Gasteiger partial charge in [0.1, 0.15) is 0 Å². The van der Waals surface area contributed by atoms with Gasteiger partial charge in [-0.2, -0.15) is 0 Å². The minimum atomic E-state index is -0.442. The summed E-state index contributed by atoms with van der Waals surface area (Å²) >= 11 is 0. The van der Waals surface area contributed by atoms with Crippen LogP contribution in [0.4, 0.5) is 16.2 Å². The Morgan fingerprint density at radius 2 is 1.94 bits per heavy atom. The van der Waals surface area contributed by atoms with Crippen LogP contribution in [0.3, 0.4) is 0 Å². The molecule has 2 rings (SSSR count). The number of piperidine rings is 1. The highest BCUT2D eigenvalue weighted by molar-refractivity contribution is 5.72. The molecule has 1 saturated heterocycles. The molecule has 1 aliphatic heterocycles. The molecule has 1 aromatic carbocycles. The Morgan fingerprint density at radius 3 is 2.53 bits per heavy atom. The summed E-state index contributed by atoms with van der Waals surface area (Å²) in [4.78, 5) is 13.0. The van der Waals surface area contributed by atoms with Crippen LogP contribution in [0.15, 0.2) is 24.3 Å². The molecule has 0 saturated carbocycles. The van der Waals surface area contributed by atoms with Gasteiger partial charge in [0.15, 0.2) is 0 Å². The van der Waals surface area contributed by atoms with Gasteiger partial charge in [-0.25, -0.2) is 4.79 Å². The Labute approximate surface area is 101 Å². The third-order valence-corrected chi connectivity index (χ3v) is 3.12. The molecule has 0 aliphatic carbocycles. The minimum absolute atomic E-state index is 0.189. The molecule has 5 N–H and O–H groups in total. The molecule has 1 fully saturated rings. The summed E-state index contributed by atoms with van der Waals surface area (Å²) in [5.74, 6) is 0. The number of nitrogen functional groups attached to an aromatic ring is 1. The highest BCUT2D eigenvalue weighted by Crippen LogP contribution is 2.25. The van der Waals surface area contributed by atoms with Crippen molar-refractivity contribution in [3.63, 3.8) is 0 Å². The quantitative estimate of drug-likeness (QED) is 0.665. The van der Waals surface area contributed by atoms with Gasteiger partial charge in [-0.15, -0.1) is 0 Å². The van der Waals surface area contributed by atoms with Crippen LogP contribution >= 0.6 is 0 Å². The molecule has 0 atom stereocenters. The molecular formula is C12H18N4O. The number of anilines is 2. The van der Waals surface area contributed by atoms with Crippen LogP contribution in [0, 0.1) is 0 Å². The Morgan fingerprint density at radius 1 is 1.29 bits per heavy atom. The number of urea groups is 1. The maximum absolute atomic E-state index is 10.8. The Kier molecular flexibility index (Phi) is 3.37. The van der Waals surface area contributed by atoms with Crippen molar-refractivity contribution in [2.45, 2.75) is 18.9 Å². The number of nitrogens with two attached hydrogens (primary N) is 2. The van der Waals surface area contributed by atoms with Crippen molar-refractivity contribution in [1.29, 1.82) is 0 Å². The first kappa shape index (κ1) is 11.6. The first-order valence-corrected chi connectivity index (χ1v) is 5.82. The second-order valence-corrected chi connectivity index (χ2v) is 4.33. The predicted molar refractivity (Wildman–Crippen MR) is 68.8 cm³/mol. The molecule has 1 aromatic rings. The van der Waals surface area contributed by atoms with Crippen LogP contribution in [0.5, 0.6) is 0 Å². The topological polar surface area (TPSA) is 84.4 Å². The Balaban J connectivity index is 1.95. The molecule has 1 aliphatic rings. The standard InChI is InChI=1S/C12H18N4O/c13-10-3-1-2-4-11(10)16-7-5-9(6-8-16)15-12(14)17/h1-4,9H,5-8,13H2,(H3,14,15,17). The average molecular weight is 234 g/mol. The number of rotatable bonds is 2. The van der Waals surface area contributed by atoms with Crippen LogP contribution in [0.1, 0.15) is 12.8 Å². The maximum Gasteiger partial charge on any atom is 0.312 e. The van der Waals surface area contributed by atoms with E-state index in [-0.39, 0.29) is 6.04 Å². The number of carbonyl (C=O) groups is 1. The highest BCUT2D eigenvalue weighted by atomic mass is 16.2. The van der Waals surface area contributed by atoms with Gasteiger partial charge in [0.05, 0.1) is 11.4 Å². The van der Waals surface area contributed by atoms with Crippen molar-refractivity contribution >= 4 is 17.4 Å². The van der Waals surface area contributed by atoms with E-state index in [0.29, 0.717) is 0 Å². The molecule has 5 nitrogen and oxygen atoms in total. The van der Waals surface area contributed by atoms with Crippen molar-refractivity contribution in [3.8, 4) is 0 Å². The molecule has 0 radical (unpaired) electrons. The molecule has 0 unspecified atom stereocenters. The van der Waals surface area contributed by atoms with E-state index in [1.165, 1.54) is 0 Å². The summed E-state index contributed by atoms with van der Waals surface area (Å²) in [6.45, 7) is 1.78. The zero-order valence-electron chi connectivity index (χ0n) is 9.73. The number of amides is 2. The lowest BCUT2D eigenvalue weighted by atomic mass is 10.0. The summed E-state index contributed by atoms with van der Waals surface area (Å²) in [5, 5.41) is 2.75. The summed E-state index contributed by atoms with van der Waals surface area (Å²) in [6.07, 6.45) is 1.80. The van der Waals surface area contributed by atoms with E-state index in [1.54, 1.807) is 0 Å². The zero-order valence-corrected chi connectivity index (χ0v) is 9.73. The number of nitrogens with zero attached hydrogens (tertiary/aromatic N) is 1.